The van der Waals surface area contributed by atoms with Gasteiger partial charge in [-0.05, 0) is 11.6 Å². The Morgan fingerprint density at radius 3 is 2.87 bits per heavy atom. The molecule has 0 unspecified atom stereocenters. The lowest BCUT2D eigenvalue weighted by Gasteiger charge is -2.05. The lowest BCUT2D eigenvalue weighted by molar-refractivity contribution is -0.118. The molecule has 124 valence electrons. The number of aromatic nitrogens is 2. The molecule has 1 N–H and O–H groups in total. The fourth-order valence-electron chi connectivity index (χ4n) is 1.83. The number of hydrogen-bond donors (Lipinski definition) is 1. The average Bonchev–Trinajstić information content (AvgIpc) is 2.98. The topological polar surface area (TPSA) is 68.0 Å². The van der Waals surface area contributed by atoms with E-state index >= 15 is 0 Å². The predicted molar refractivity (Wildman–Crippen MR) is 92.7 cm³/mol. The van der Waals surface area contributed by atoms with Gasteiger partial charge in [-0.2, -0.15) is 4.98 Å². The molecule has 0 fully saturated rings. The number of nitrogens with one attached hydrogen (secondary N) is 1. The van der Waals surface area contributed by atoms with Crippen molar-refractivity contribution in [3.8, 4) is 0 Å². The number of amides is 1. The van der Waals surface area contributed by atoms with Crippen LogP contribution in [0.15, 0.2) is 28.8 Å². The first-order valence-electron chi connectivity index (χ1n) is 7.46. The van der Waals surface area contributed by atoms with Crippen molar-refractivity contribution in [3.05, 3.63) is 46.6 Å². The Morgan fingerprint density at radius 1 is 1.39 bits per heavy atom. The van der Waals surface area contributed by atoms with E-state index in [2.05, 4.69) is 15.5 Å². The van der Waals surface area contributed by atoms with Crippen LogP contribution < -0.4 is 5.32 Å². The average molecular weight is 354 g/mol. The van der Waals surface area contributed by atoms with Gasteiger partial charge in [-0.3, -0.25) is 4.79 Å². The Labute approximate surface area is 145 Å². The van der Waals surface area contributed by atoms with Gasteiger partial charge in [-0.15, -0.1) is 11.8 Å². The maximum absolute atomic E-state index is 11.8. The lowest BCUT2D eigenvalue weighted by atomic mass is 10.2. The number of thioether (sulfide) groups is 1. The molecule has 0 aliphatic rings. The van der Waals surface area contributed by atoms with Crippen molar-refractivity contribution >= 4 is 29.3 Å². The maximum atomic E-state index is 11.8. The van der Waals surface area contributed by atoms with Crippen LogP contribution in [0, 0.1) is 0 Å². The summed E-state index contributed by atoms with van der Waals surface area (Å²) >= 11 is 7.61. The number of benzene rings is 1. The minimum absolute atomic E-state index is 0.00866. The van der Waals surface area contributed by atoms with Crippen molar-refractivity contribution in [1.29, 1.82) is 0 Å². The molecule has 23 heavy (non-hydrogen) atoms. The van der Waals surface area contributed by atoms with E-state index in [4.69, 9.17) is 16.1 Å². The predicted octanol–water partition coefficient (Wildman–Crippen LogP) is 3.44. The highest BCUT2D eigenvalue weighted by Gasteiger charge is 2.10. The summed E-state index contributed by atoms with van der Waals surface area (Å²) in [6, 6.07) is 7.66. The molecule has 1 aromatic heterocycles. The molecule has 0 aliphatic heterocycles. The highest BCUT2D eigenvalue weighted by molar-refractivity contribution is 7.99. The summed E-state index contributed by atoms with van der Waals surface area (Å²) < 4.78 is 5.13. The Kier molecular flexibility index (Phi) is 6.92. The number of halogens is 1. The van der Waals surface area contributed by atoms with Crippen LogP contribution in [0.1, 0.15) is 37.0 Å². The summed E-state index contributed by atoms with van der Waals surface area (Å²) in [5.74, 6) is 2.59. The molecular formula is C16H20ClN3O2S. The zero-order chi connectivity index (χ0) is 16.7. The van der Waals surface area contributed by atoms with Crippen molar-refractivity contribution < 1.29 is 9.32 Å². The fourth-order valence-corrected chi connectivity index (χ4v) is 2.98. The molecule has 1 heterocycles. The van der Waals surface area contributed by atoms with Crippen LogP contribution in [0.25, 0.3) is 0 Å². The van der Waals surface area contributed by atoms with Gasteiger partial charge in [-0.1, -0.05) is 48.8 Å². The van der Waals surface area contributed by atoms with Gasteiger partial charge >= 0.3 is 0 Å². The second kappa shape index (κ2) is 8.93. The van der Waals surface area contributed by atoms with E-state index in [0.29, 0.717) is 36.2 Å². The lowest BCUT2D eigenvalue weighted by Crippen LogP contribution is -2.27. The number of nitrogens with zero attached hydrogens (tertiary/aromatic N) is 2. The van der Waals surface area contributed by atoms with Crippen LogP contribution in [0.3, 0.4) is 0 Å². The van der Waals surface area contributed by atoms with Gasteiger partial charge in [0, 0.05) is 29.7 Å². The highest BCUT2D eigenvalue weighted by Crippen LogP contribution is 2.20. The van der Waals surface area contributed by atoms with Crippen LogP contribution in [0.2, 0.25) is 5.02 Å². The van der Waals surface area contributed by atoms with Crippen molar-refractivity contribution in [1.82, 2.24) is 15.5 Å². The van der Waals surface area contributed by atoms with Gasteiger partial charge < -0.3 is 9.84 Å². The van der Waals surface area contributed by atoms with E-state index in [9.17, 15) is 4.79 Å². The molecular weight excluding hydrogens is 334 g/mol. The second-order valence-electron chi connectivity index (χ2n) is 5.39. The van der Waals surface area contributed by atoms with Gasteiger partial charge in [0.2, 0.25) is 11.8 Å². The number of carbonyl (C=O) groups is 1. The molecule has 0 bridgehead atoms. The van der Waals surface area contributed by atoms with E-state index in [1.807, 2.05) is 38.1 Å². The van der Waals surface area contributed by atoms with Gasteiger partial charge in [0.1, 0.15) is 0 Å². The molecule has 7 heteroatoms. The molecule has 2 aromatic rings. The molecule has 5 nitrogen and oxygen atoms in total. The van der Waals surface area contributed by atoms with E-state index in [-0.39, 0.29) is 11.8 Å². The summed E-state index contributed by atoms with van der Waals surface area (Å²) in [6.07, 6.45) is 0.542. The third-order valence-electron chi connectivity index (χ3n) is 3.11. The zero-order valence-electron chi connectivity index (χ0n) is 13.2. The molecule has 2 rings (SSSR count). The molecule has 0 saturated heterocycles. The van der Waals surface area contributed by atoms with Crippen molar-refractivity contribution in [2.24, 2.45) is 0 Å². The maximum Gasteiger partial charge on any atom is 0.230 e. The van der Waals surface area contributed by atoms with Crippen LogP contribution >= 0.6 is 23.4 Å². The summed E-state index contributed by atoms with van der Waals surface area (Å²) in [5, 5.41) is 7.47. The summed E-state index contributed by atoms with van der Waals surface area (Å²) in [4.78, 5) is 16.1. The van der Waals surface area contributed by atoms with E-state index in [1.54, 1.807) is 0 Å². The SMILES string of the molecule is CC(C)c1noc(CCNC(=O)CSCc2ccccc2Cl)n1. The number of carbonyl (C=O) groups excluding carboxylic acids is 1. The van der Waals surface area contributed by atoms with Crippen LogP contribution in [0.4, 0.5) is 0 Å². The molecule has 0 spiro atoms. The molecule has 0 radical (unpaired) electrons. The molecule has 1 amide bonds. The Hall–Kier alpha value is -1.53. The summed E-state index contributed by atoms with van der Waals surface area (Å²) in [7, 11) is 0. The number of rotatable bonds is 8. The minimum Gasteiger partial charge on any atom is -0.355 e. The van der Waals surface area contributed by atoms with Gasteiger partial charge in [0.05, 0.1) is 5.75 Å². The van der Waals surface area contributed by atoms with Crippen molar-refractivity contribution in [2.45, 2.75) is 31.9 Å². The van der Waals surface area contributed by atoms with Crippen molar-refractivity contribution in [2.75, 3.05) is 12.3 Å². The summed E-state index contributed by atoms with van der Waals surface area (Å²) in [5.41, 5.74) is 1.04. The Morgan fingerprint density at radius 2 is 2.17 bits per heavy atom. The minimum atomic E-state index is -0.00866. The normalized spacial score (nSPS) is 11.0. The second-order valence-corrected chi connectivity index (χ2v) is 6.78. The smallest absolute Gasteiger partial charge is 0.230 e. The Balaban J connectivity index is 1.64. The van der Waals surface area contributed by atoms with E-state index in [1.165, 1.54) is 11.8 Å². The monoisotopic (exact) mass is 353 g/mol. The van der Waals surface area contributed by atoms with Crippen LogP contribution in [-0.4, -0.2) is 28.3 Å². The standard InChI is InChI=1S/C16H20ClN3O2S/c1-11(2)16-19-15(22-20-16)7-8-18-14(21)10-23-9-12-5-3-4-6-13(12)17/h3-6,11H,7-10H2,1-2H3,(H,18,21). The van der Waals surface area contributed by atoms with Crippen LogP contribution in [0.5, 0.6) is 0 Å². The molecule has 1 aromatic carbocycles. The van der Waals surface area contributed by atoms with Crippen LogP contribution in [-0.2, 0) is 17.0 Å². The number of hydrogen-bond acceptors (Lipinski definition) is 5. The van der Waals surface area contributed by atoms with Gasteiger partial charge in [0.25, 0.3) is 0 Å². The molecule has 0 atom stereocenters. The summed E-state index contributed by atoms with van der Waals surface area (Å²) in [6.45, 7) is 4.50. The quantitative estimate of drug-likeness (QED) is 0.787. The molecule has 0 saturated carbocycles. The molecule has 0 aliphatic carbocycles. The first-order chi connectivity index (χ1) is 11.1. The van der Waals surface area contributed by atoms with Crippen molar-refractivity contribution in [3.63, 3.8) is 0 Å². The van der Waals surface area contributed by atoms with Gasteiger partial charge in [0.15, 0.2) is 5.82 Å². The van der Waals surface area contributed by atoms with Gasteiger partial charge in [-0.25, -0.2) is 0 Å². The zero-order valence-corrected chi connectivity index (χ0v) is 14.8. The third-order valence-corrected chi connectivity index (χ3v) is 4.46. The largest absolute Gasteiger partial charge is 0.355 e. The third kappa shape index (κ3) is 5.88. The van der Waals surface area contributed by atoms with E-state index in [0.717, 1.165) is 10.6 Å². The fraction of sp³-hybridized carbons (Fsp3) is 0.438. The highest BCUT2D eigenvalue weighted by atomic mass is 35.5. The van der Waals surface area contributed by atoms with E-state index < -0.39 is 0 Å². The Bertz CT molecular complexity index is 646. The first kappa shape index (κ1) is 17.8. The first-order valence-corrected chi connectivity index (χ1v) is 9.00.